The lowest BCUT2D eigenvalue weighted by Gasteiger charge is -2.18. The zero-order valence-corrected chi connectivity index (χ0v) is 8.61. The van der Waals surface area contributed by atoms with E-state index in [1.165, 1.54) is 0 Å². The Labute approximate surface area is 82.7 Å². The lowest BCUT2D eigenvalue weighted by Crippen LogP contribution is -2.29. The fourth-order valence-corrected chi connectivity index (χ4v) is 0.633. The summed E-state index contributed by atoms with van der Waals surface area (Å²) in [5.41, 5.74) is -0.196. The molecule has 0 amide bonds. The first-order valence-corrected chi connectivity index (χ1v) is 4.29. The monoisotopic (exact) mass is 204 g/mol. The number of carboxylic acids is 1. The molecule has 2 N–H and O–H groups in total. The number of ether oxygens (including phenoxy) is 1. The van der Waals surface area contributed by atoms with E-state index in [1.807, 2.05) is 20.8 Å². The number of aliphatic hydroxyl groups is 1. The van der Waals surface area contributed by atoms with Crippen molar-refractivity contribution in [2.45, 2.75) is 33.3 Å². The molecule has 82 valence electrons. The molecule has 5 nitrogen and oxygen atoms in total. The van der Waals surface area contributed by atoms with Crippen molar-refractivity contribution in [1.29, 1.82) is 0 Å². The van der Waals surface area contributed by atoms with Crippen molar-refractivity contribution in [3.63, 3.8) is 0 Å². The van der Waals surface area contributed by atoms with Gasteiger partial charge < -0.3 is 14.9 Å². The van der Waals surface area contributed by atoms with Crippen LogP contribution in [0.1, 0.15) is 27.2 Å². The van der Waals surface area contributed by atoms with Crippen LogP contribution < -0.4 is 0 Å². The van der Waals surface area contributed by atoms with Crippen molar-refractivity contribution in [2.75, 3.05) is 6.61 Å². The van der Waals surface area contributed by atoms with Crippen LogP contribution in [0.4, 0.5) is 0 Å². The van der Waals surface area contributed by atoms with Crippen LogP contribution in [0.3, 0.4) is 0 Å². The third kappa shape index (κ3) is 6.42. The topological polar surface area (TPSA) is 83.8 Å². The fourth-order valence-electron chi connectivity index (χ4n) is 0.633. The highest BCUT2D eigenvalue weighted by Gasteiger charge is 2.22. The number of carbonyl (C=O) groups excluding carboxylic acids is 1. The maximum atomic E-state index is 11.0. The van der Waals surface area contributed by atoms with Crippen molar-refractivity contribution in [3.05, 3.63) is 0 Å². The average molecular weight is 204 g/mol. The SMILES string of the molecule is CC(C)(C)COC(=O)C(O)CC(=O)O. The summed E-state index contributed by atoms with van der Waals surface area (Å²) in [6.45, 7) is 5.75. The van der Waals surface area contributed by atoms with Gasteiger partial charge in [0.25, 0.3) is 0 Å². The number of hydrogen-bond donors (Lipinski definition) is 2. The molecule has 0 saturated carbocycles. The van der Waals surface area contributed by atoms with E-state index in [2.05, 4.69) is 0 Å². The van der Waals surface area contributed by atoms with Crippen LogP contribution in [0.2, 0.25) is 0 Å². The van der Waals surface area contributed by atoms with Crippen LogP contribution in [0.25, 0.3) is 0 Å². The largest absolute Gasteiger partial charge is 0.481 e. The fraction of sp³-hybridized carbons (Fsp3) is 0.778. The van der Waals surface area contributed by atoms with E-state index in [-0.39, 0.29) is 12.0 Å². The van der Waals surface area contributed by atoms with Crippen molar-refractivity contribution in [3.8, 4) is 0 Å². The van der Waals surface area contributed by atoms with Gasteiger partial charge in [-0.1, -0.05) is 20.8 Å². The second-order valence-corrected chi connectivity index (χ2v) is 4.28. The molecule has 1 unspecified atom stereocenters. The minimum absolute atomic E-state index is 0.155. The van der Waals surface area contributed by atoms with Gasteiger partial charge in [-0.3, -0.25) is 4.79 Å². The second kappa shape index (κ2) is 4.95. The molecule has 0 aromatic carbocycles. The van der Waals surface area contributed by atoms with Gasteiger partial charge in [-0.2, -0.15) is 0 Å². The molecule has 5 heteroatoms. The Morgan fingerprint density at radius 3 is 2.21 bits per heavy atom. The predicted octanol–water partition coefficient (Wildman–Crippen LogP) is 0.411. The Morgan fingerprint density at radius 1 is 1.36 bits per heavy atom. The molecular weight excluding hydrogens is 188 g/mol. The highest BCUT2D eigenvalue weighted by molar-refractivity contribution is 5.80. The number of esters is 1. The molecule has 0 fully saturated rings. The molecule has 0 bridgehead atoms. The first kappa shape index (κ1) is 12.9. The third-order valence-corrected chi connectivity index (χ3v) is 1.29. The van der Waals surface area contributed by atoms with Crippen LogP contribution >= 0.6 is 0 Å². The van der Waals surface area contributed by atoms with Crippen molar-refractivity contribution < 1.29 is 24.5 Å². The number of aliphatic carboxylic acids is 1. The molecule has 14 heavy (non-hydrogen) atoms. The van der Waals surface area contributed by atoms with Gasteiger partial charge in [-0.15, -0.1) is 0 Å². The molecule has 0 saturated heterocycles. The zero-order chi connectivity index (χ0) is 11.4. The minimum atomic E-state index is -1.57. The summed E-state index contributed by atoms with van der Waals surface area (Å²) >= 11 is 0. The van der Waals surface area contributed by atoms with Crippen molar-refractivity contribution in [2.24, 2.45) is 5.41 Å². The number of aliphatic hydroxyl groups excluding tert-OH is 1. The van der Waals surface area contributed by atoms with E-state index in [4.69, 9.17) is 14.9 Å². The summed E-state index contributed by atoms with van der Waals surface area (Å²) < 4.78 is 4.72. The molecule has 0 aliphatic heterocycles. The number of hydrogen-bond acceptors (Lipinski definition) is 4. The van der Waals surface area contributed by atoms with Crippen LogP contribution in [-0.2, 0) is 14.3 Å². The highest BCUT2D eigenvalue weighted by Crippen LogP contribution is 2.13. The molecule has 0 aromatic heterocycles. The van der Waals surface area contributed by atoms with Crippen LogP contribution in [0.15, 0.2) is 0 Å². The quantitative estimate of drug-likeness (QED) is 0.648. The average Bonchev–Trinajstić information content (AvgIpc) is 1.97. The van der Waals surface area contributed by atoms with Crippen molar-refractivity contribution in [1.82, 2.24) is 0 Å². The van der Waals surface area contributed by atoms with Gasteiger partial charge in [-0.25, -0.2) is 4.79 Å². The van der Waals surface area contributed by atoms with Gasteiger partial charge in [0, 0.05) is 0 Å². The Kier molecular flexibility index (Phi) is 4.56. The number of carbonyl (C=O) groups is 2. The summed E-state index contributed by atoms with van der Waals surface area (Å²) in [6, 6.07) is 0. The number of carboxylic acid groups (broad SMARTS) is 1. The molecule has 0 aliphatic carbocycles. The first-order valence-electron chi connectivity index (χ1n) is 4.29. The van der Waals surface area contributed by atoms with Gasteiger partial charge in [0.05, 0.1) is 13.0 Å². The number of rotatable bonds is 4. The van der Waals surface area contributed by atoms with Gasteiger partial charge >= 0.3 is 11.9 Å². The molecule has 0 rings (SSSR count). The Balaban J connectivity index is 3.91. The summed E-state index contributed by atoms with van der Waals surface area (Å²) in [5, 5.41) is 17.3. The maximum Gasteiger partial charge on any atom is 0.335 e. The van der Waals surface area contributed by atoms with Crippen LogP contribution in [0, 0.1) is 5.41 Å². The molecule has 1 atom stereocenters. The smallest absolute Gasteiger partial charge is 0.335 e. The molecule has 0 aromatic rings. The van der Waals surface area contributed by atoms with E-state index < -0.39 is 24.5 Å². The second-order valence-electron chi connectivity index (χ2n) is 4.28. The lowest BCUT2D eigenvalue weighted by atomic mass is 9.99. The van der Waals surface area contributed by atoms with E-state index >= 15 is 0 Å². The van der Waals surface area contributed by atoms with Gasteiger partial charge in [0.2, 0.25) is 0 Å². The summed E-state index contributed by atoms with van der Waals surface area (Å²) in [4.78, 5) is 21.1. The lowest BCUT2D eigenvalue weighted by molar-refractivity contribution is -0.160. The Bertz CT molecular complexity index is 216. The molecule has 0 aliphatic rings. The van der Waals surface area contributed by atoms with Crippen LogP contribution in [-0.4, -0.2) is 34.9 Å². The summed E-state index contributed by atoms with van der Waals surface area (Å²) in [7, 11) is 0. The van der Waals surface area contributed by atoms with E-state index in [9.17, 15) is 9.59 Å². The zero-order valence-electron chi connectivity index (χ0n) is 8.61. The molecular formula is C9H16O5. The van der Waals surface area contributed by atoms with Gasteiger partial charge in [0.15, 0.2) is 6.10 Å². The predicted molar refractivity (Wildman–Crippen MR) is 48.7 cm³/mol. The third-order valence-electron chi connectivity index (χ3n) is 1.29. The highest BCUT2D eigenvalue weighted by atomic mass is 16.5. The minimum Gasteiger partial charge on any atom is -0.481 e. The van der Waals surface area contributed by atoms with Crippen LogP contribution in [0.5, 0.6) is 0 Å². The van der Waals surface area contributed by atoms with E-state index in [0.717, 1.165) is 0 Å². The Hall–Kier alpha value is -1.10. The maximum absolute atomic E-state index is 11.0. The van der Waals surface area contributed by atoms with Crippen molar-refractivity contribution >= 4 is 11.9 Å². The molecule has 0 spiro atoms. The molecule has 0 radical (unpaired) electrons. The first-order chi connectivity index (χ1) is 6.22. The van der Waals surface area contributed by atoms with Gasteiger partial charge in [-0.05, 0) is 5.41 Å². The normalized spacial score (nSPS) is 13.4. The van der Waals surface area contributed by atoms with Gasteiger partial charge in [0.1, 0.15) is 0 Å². The summed E-state index contributed by atoms with van der Waals surface area (Å²) in [6.07, 6.45) is -2.20. The van der Waals surface area contributed by atoms with E-state index in [0.29, 0.717) is 0 Å². The summed E-state index contributed by atoms with van der Waals surface area (Å²) in [5.74, 6) is -2.12. The Morgan fingerprint density at radius 2 is 1.86 bits per heavy atom. The van der Waals surface area contributed by atoms with E-state index in [1.54, 1.807) is 0 Å². The standard InChI is InChI=1S/C9H16O5/c1-9(2,3)5-14-8(13)6(10)4-7(11)12/h6,10H,4-5H2,1-3H3,(H,11,12). The molecule has 0 heterocycles.